The maximum absolute atomic E-state index is 12.2. The Hall–Kier alpha value is -2.01. The molecule has 1 aliphatic heterocycles. The molecule has 24 heavy (non-hydrogen) atoms. The van der Waals surface area contributed by atoms with Gasteiger partial charge in [-0.1, -0.05) is 6.92 Å². The van der Waals surface area contributed by atoms with Crippen molar-refractivity contribution < 1.29 is 19.0 Å². The molecular formula is C19H27NO4. The molecule has 5 heteroatoms. The Morgan fingerprint density at radius 1 is 1.17 bits per heavy atom. The van der Waals surface area contributed by atoms with Gasteiger partial charge in [0.15, 0.2) is 17.3 Å². The molecule has 1 aromatic carbocycles. The van der Waals surface area contributed by atoms with E-state index in [2.05, 4.69) is 11.8 Å². The lowest BCUT2D eigenvalue weighted by Gasteiger charge is -2.27. The number of hydrogen-bond donors (Lipinski definition) is 0. The van der Waals surface area contributed by atoms with Gasteiger partial charge < -0.3 is 14.2 Å². The average molecular weight is 333 g/mol. The van der Waals surface area contributed by atoms with Crippen molar-refractivity contribution in [1.29, 1.82) is 0 Å². The first-order valence-electron chi connectivity index (χ1n) is 8.47. The third-order valence-corrected chi connectivity index (χ3v) is 4.06. The molecule has 1 fully saturated rings. The summed E-state index contributed by atoms with van der Waals surface area (Å²) < 4.78 is 16.5. The highest BCUT2D eigenvalue weighted by molar-refractivity contribution is 6.00. The molecule has 132 valence electrons. The fourth-order valence-corrected chi connectivity index (χ4v) is 2.93. The molecule has 0 saturated carbocycles. The number of ketones is 1. The topological polar surface area (TPSA) is 48.0 Å². The monoisotopic (exact) mass is 333 g/mol. The molecule has 0 unspecified atom stereocenters. The van der Waals surface area contributed by atoms with Gasteiger partial charge >= 0.3 is 0 Å². The van der Waals surface area contributed by atoms with Crippen molar-refractivity contribution in [3.05, 3.63) is 23.3 Å². The molecule has 5 nitrogen and oxygen atoms in total. The summed E-state index contributed by atoms with van der Waals surface area (Å²) in [7, 11) is 3.20. The number of rotatable bonds is 7. The van der Waals surface area contributed by atoms with Crippen molar-refractivity contribution >= 4 is 11.9 Å². The van der Waals surface area contributed by atoms with Crippen LogP contribution in [-0.4, -0.2) is 51.1 Å². The summed E-state index contributed by atoms with van der Waals surface area (Å²) in [5.41, 5.74) is 1.72. The van der Waals surface area contributed by atoms with E-state index in [4.69, 9.17) is 14.2 Å². The number of piperidine rings is 1. The van der Waals surface area contributed by atoms with Gasteiger partial charge in [-0.15, -0.1) is 0 Å². The Bertz CT molecular complexity index is 584. The van der Waals surface area contributed by atoms with Crippen LogP contribution in [0, 0.1) is 0 Å². The smallest absolute Gasteiger partial charge is 0.203 e. The molecule has 0 radical (unpaired) electrons. The Balaban J connectivity index is 2.35. The van der Waals surface area contributed by atoms with Crippen molar-refractivity contribution in [2.45, 2.75) is 26.7 Å². The van der Waals surface area contributed by atoms with E-state index in [1.807, 2.05) is 25.1 Å². The Morgan fingerprint density at radius 3 is 2.38 bits per heavy atom. The van der Waals surface area contributed by atoms with E-state index in [0.717, 1.165) is 30.6 Å². The molecule has 0 aromatic heterocycles. The lowest BCUT2D eigenvalue weighted by Crippen LogP contribution is -2.36. The third-order valence-electron chi connectivity index (χ3n) is 4.06. The summed E-state index contributed by atoms with van der Waals surface area (Å²) in [6.45, 7) is 7.16. The van der Waals surface area contributed by atoms with E-state index in [9.17, 15) is 4.79 Å². The van der Waals surface area contributed by atoms with Gasteiger partial charge in [-0.2, -0.15) is 0 Å². The zero-order valence-electron chi connectivity index (χ0n) is 15.1. The molecule has 1 aromatic rings. The van der Waals surface area contributed by atoms with Gasteiger partial charge in [-0.3, -0.25) is 9.69 Å². The number of likely N-dealkylation sites (tertiary alicyclic amines) is 1. The summed E-state index contributed by atoms with van der Waals surface area (Å²) >= 11 is 0. The predicted octanol–water partition coefficient (Wildman–Crippen LogP) is 3.17. The van der Waals surface area contributed by atoms with Crippen molar-refractivity contribution in [2.24, 2.45) is 0 Å². The molecule has 1 aliphatic rings. The summed E-state index contributed by atoms with van der Waals surface area (Å²) in [6, 6.07) is 3.76. The number of ether oxygens (including phenoxy) is 3. The minimum absolute atomic E-state index is 0.217. The maximum Gasteiger partial charge on any atom is 0.203 e. The van der Waals surface area contributed by atoms with Crippen LogP contribution in [-0.2, 0) is 4.79 Å². The minimum Gasteiger partial charge on any atom is -0.493 e. The summed E-state index contributed by atoms with van der Waals surface area (Å²) in [4.78, 5) is 14.6. The quantitative estimate of drug-likeness (QED) is 0.717. The van der Waals surface area contributed by atoms with Crippen molar-refractivity contribution in [1.82, 2.24) is 4.90 Å². The van der Waals surface area contributed by atoms with E-state index in [1.54, 1.807) is 14.2 Å². The van der Waals surface area contributed by atoms with Gasteiger partial charge in [0.1, 0.15) is 0 Å². The van der Waals surface area contributed by atoms with E-state index >= 15 is 0 Å². The van der Waals surface area contributed by atoms with E-state index in [0.29, 0.717) is 36.8 Å². The molecule has 0 spiro atoms. The van der Waals surface area contributed by atoms with Crippen LogP contribution >= 0.6 is 0 Å². The number of Topliss-reactive ketones (excluding diaryl/α,β-unsaturated/α-hetero) is 1. The lowest BCUT2D eigenvalue weighted by molar-refractivity contribution is -0.117. The van der Waals surface area contributed by atoms with Crippen LogP contribution in [0.4, 0.5) is 0 Å². The molecule has 0 aliphatic carbocycles. The minimum atomic E-state index is 0.217. The highest BCUT2D eigenvalue weighted by atomic mass is 16.5. The Kier molecular flexibility index (Phi) is 6.67. The van der Waals surface area contributed by atoms with E-state index in [-0.39, 0.29) is 5.78 Å². The largest absolute Gasteiger partial charge is 0.493 e. The summed E-state index contributed by atoms with van der Waals surface area (Å²) in [6.07, 6.45) is 3.61. The Morgan fingerprint density at radius 2 is 1.83 bits per heavy atom. The molecule has 1 saturated heterocycles. The van der Waals surface area contributed by atoms with Crippen LogP contribution in [0.2, 0.25) is 0 Å². The summed E-state index contributed by atoms with van der Waals surface area (Å²) in [5.74, 6) is 2.02. The Labute approximate surface area is 144 Å². The number of carbonyl (C=O) groups is 1. The van der Waals surface area contributed by atoms with Crippen LogP contribution in [0.25, 0.3) is 6.08 Å². The molecular weight excluding hydrogens is 306 g/mol. The first-order chi connectivity index (χ1) is 11.6. The second-order valence-electron chi connectivity index (χ2n) is 5.81. The highest BCUT2D eigenvalue weighted by Crippen LogP contribution is 2.39. The van der Waals surface area contributed by atoms with Gasteiger partial charge in [-0.05, 0) is 43.7 Å². The molecule has 2 rings (SSSR count). The SMILES string of the molecule is CCCN1CCC(=O)/C(=C/c2cc(OC)c(OCC)c(OC)c2)C1. The fraction of sp³-hybridized carbons (Fsp3) is 0.526. The van der Waals surface area contributed by atoms with Crippen molar-refractivity contribution in [3.63, 3.8) is 0 Å². The fourth-order valence-electron chi connectivity index (χ4n) is 2.93. The second kappa shape index (κ2) is 8.73. The number of hydrogen-bond acceptors (Lipinski definition) is 5. The van der Waals surface area contributed by atoms with Crippen LogP contribution in [0.3, 0.4) is 0 Å². The number of carbonyl (C=O) groups excluding carboxylic acids is 1. The van der Waals surface area contributed by atoms with Crippen molar-refractivity contribution in [2.75, 3.05) is 40.5 Å². The van der Waals surface area contributed by atoms with Gasteiger partial charge in [0.25, 0.3) is 0 Å². The summed E-state index contributed by atoms with van der Waals surface area (Å²) in [5, 5.41) is 0. The number of nitrogens with zero attached hydrogens (tertiary/aromatic N) is 1. The van der Waals surface area contributed by atoms with Crippen LogP contribution in [0.5, 0.6) is 17.2 Å². The lowest BCUT2D eigenvalue weighted by atomic mass is 10.00. The number of benzene rings is 1. The molecule has 0 bridgehead atoms. The van der Waals surface area contributed by atoms with Gasteiger partial charge in [0, 0.05) is 25.1 Å². The number of methoxy groups -OCH3 is 2. The molecule has 1 heterocycles. The molecule has 0 N–H and O–H groups in total. The van der Waals surface area contributed by atoms with Crippen LogP contribution < -0.4 is 14.2 Å². The van der Waals surface area contributed by atoms with E-state index in [1.165, 1.54) is 0 Å². The molecule has 0 atom stereocenters. The first-order valence-corrected chi connectivity index (χ1v) is 8.47. The van der Waals surface area contributed by atoms with Crippen molar-refractivity contribution in [3.8, 4) is 17.2 Å². The zero-order valence-corrected chi connectivity index (χ0v) is 15.1. The zero-order chi connectivity index (χ0) is 17.5. The van der Waals surface area contributed by atoms with E-state index < -0.39 is 0 Å². The first kappa shape index (κ1) is 18.3. The predicted molar refractivity (Wildman–Crippen MR) is 95.0 cm³/mol. The van der Waals surface area contributed by atoms with Gasteiger partial charge in [0.05, 0.1) is 20.8 Å². The highest BCUT2D eigenvalue weighted by Gasteiger charge is 2.21. The van der Waals surface area contributed by atoms with Gasteiger partial charge in [0.2, 0.25) is 5.75 Å². The van der Waals surface area contributed by atoms with Crippen LogP contribution in [0.15, 0.2) is 17.7 Å². The second-order valence-corrected chi connectivity index (χ2v) is 5.81. The normalized spacial score (nSPS) is 17.2. The third kappa shape index (κ3) is 4.29. The maximum atomic E-state index is 12.2. The average Bonchev–Trinajstić information content (AvgIpc) is 2.59. The van der Waals surface area contributed by atoms with Crippen LogP contribution in [0.1, 0.15) is 32.3 Å². The molecule has 0 amide bonds. The van der Waals surface area contributed by atoms with Gasteiger partial charge in [-0.25, -0.2) is 0 Å². The standard InChI is InChI=1S/C19H27NO4/c1-5-8-20-9-7-16(21)15(13-20)10-14-11-17(22-3)19(24-6-2)18(12-14)23-4/h10-12H,5-9,13H2,1-4H3/b15-10+.